The van der Waals surface area contributed by atoms with Gasteiger partial charge in [0.2, 0.25) is 0 Å². The average molecular weight is 423 g/mol. The van der Waals surface area contributed by atoms with Gasteiger partial charge in [-0.2, -0.15) is 0 Å². The van der Waals surface area contributed by atoms with Crippen molar-refractivity contribution in [3.8, 4) is 5.69 Å². The molecule has 1 aliphatic rings. The number of benzene rings is 1. The Morgan fingerprint density at radius 3 is 2.55 bits per heavy atom. The third-order valence-electron chi connectivity index (χ3n) is 5.07. The molecule has 0 aliphatic carbocycles. The fourth-order valence-electron chi connectivity index (χ4n) is 3.51. The van der Waals surface area contributed by atoms with Gasteiger partial charge in [-0.15, -0.1) is 21.5 Å². The Bertz CT molecular complexity index is 1140. The third kappa shape index (κ3) is 3.60. The second kappa shape index (κ2) is 7.72. The summed E-state index contributed by atoms with van der Waals surface area (Å²) in [7, 11) is 0. The Morgan fingerprint density at radius 2 is 1.90 bits per heavy atom. The monoisotopic (exact) mass is 422 g/mol. The summed E-state index contributed by atoms with van der Waals surface area (Å²) in [6.07, 6.45) is 2.70. The molecule has 0 saturated carbocycles. The molecular weight excluding hydrogens is 400 g/mol. The van der Waals surface area contributed by atoms with E-state index in [0.29, 0.717) is 15.0 Å². The van der Waals surface area contributed by atoms with E-state index in [0.717, 1.165) is 34.1 Å². The summed E-state index contributed by atoms with van der Waals surface area (Å²) in [5, 5.41) is 18.4. The number of aromatic nitrogens is 3. The van der Waals surface area contributed by atoms with Crippen molar-refractivity contribution in [3.05, 3.63) is 67.8 Å². The molecule has 7 heteroatoms. The molecule has 1 aliphatic heterocycles. The maximum Gasteiger partial charge on any atom is 0.186 e. The Labute approximate surface area is 178 Å². The summed E-state index contributed by atoms with van der Waals surface area (Å²) in [6.45, 7) is 8.21. The van der Waals surface area contributed by atoms with E-state index in [1.807, 2.05) is 13.0 Å². The molecule has 4 rings (SSSR count). The fraction of sp³-hybridized carbons (Fsp3) is 0.273. The minimum absolute atomic E-state index is 0.0565. The van der Waals surface area contributed by atoms with Crippen LogP contribution in [0.2, 0.25) is 0 Å². The summed E-state index contributed by atoms with van der Waals surface area (Å²) < 4.78 is 2.19. The second-order valence-corrected chi connectivity index (χ2v) is 9.33. The lowest BCUT2D eigenvalue weighted by atomic mass is 10.1. The van der Waals surface area contributed by atoms with Crippen LogP contribution in [0.1, 0.15) is 45.4 Å². The SMILES string of the molecule is CCc1nnc(C2C(=N)SC(=Cc3cc(C)n(-c4ccc(C)cc4)c3C)C2=O)s1. The lowest BCUT2D eigenvalue weighted by molar-refractivity contribution is -0.114. The van der Waals surface area contributed by atoms with Crippen LogP contribution in [0.3, 0.4) is 0 Å². The Morgan fingerprint density at radius 1 is 1.17 bits per heavy atom. The molecule has 0 radical (unpaired) electrons. The van der Waals surface area contributed by atoms with E-state index in [1.54, 1.807) is 0 Å². The number of allylic oxidation sites excluding steroid dienone is 1. The van der Waals surface area contributed by atoms with Crippen LogP contribution >= 0.6 is 23.1 Å². The van der Waals surface area contributed by atoms with Crippen molar-refractivity contribution in [2.45, 2.75) is 40.0 Å². The molecule has 2 aromatic heterocycles. The highest BCUT2D eigenvalue weighted by atomic mass is 32.2. The maximum atomic E-state index is 13.0. The third-order valence-corrected chi connectivity index (χ3v) is 7.20. The smallest absolute Gasteiger partial charge is 0.186 e. The Balaban J connectivity index is 1.68. The van der Waals surface area contributed by atoms with Gasteiger partial charge in [0.25, 0.3) is 0 Å². The van der Waals surface area contributed by atoms with E-state index in [2.05, 4.69) is 65.9 Å². The van der Waals surface area contributed by atoms with Crippen LogP contribution in [0.4, 0.5) is 0 Å². The largest absolute Gasteiger partial charge is 0.318 e. The van der Waals surface area contributed by atoms with Crippen LogP contribution in [0.15, 0.2) is 35.2 Å². The van der Waals surface area contributed by atoms with E-state index >= 15 is 0 Å². The molecule has 29 heavy (non-hydrogen) atoms. The summed E-state index contributed by atoms with van der Waals surface area (Å²) in [4.78, 5) is 13.6. The zero-order valence-electron chi connectivity index (χ0n) is 16.8. The van der Waals surface area contributed by atoms with Gasteiger partial charge in [0.05, 0.1) is 9.95 Å². The molecule has 148 valence electrons. The minimum Gasteiger partial charge on any atom is -0.318 e. The van der Waals surface area contributed by atoms with Gasteiger partial charge in [-0.3, -0.25) is 10.2 Å². The van der Waals surface area contributed by atoms with Crippen LogP contribution in [0, 0.1) is 26.2 Å². The van der Waals surface area contributed by atoms with E-state index in [9.17, 15) is 4.79 Å². The highest BCUT2D eigenvalue weighted by molar-refractivity contribution is 8.19. The first-order valence-electron chi connectivity index (χ1n) is 9.49. The lowest BCUT2D eigenvalue weighted by Crippen LogP contribution is -2.11. The number of carbonyl (C=O) groups is 1. The topological polar surface area (TPSA) is 71.6 Å². The number of aryl methyl sites for hydroxylation is 3. The van der Waals surface area contributed by atoms with Gasteiger partial charge < -0.3 is 4.57 Å². The molecule has 1 aromatic carbocycles. The van der Waals surface area contributed by atoms with Crippen LogP contribution in [0.25, 0.3) is 11.8 Å². The fourth-order valence-corrected chi connectivity index (χ4v) is 5.45. The molecular formula is C22H22N4OS2. The van der Waals surface area contributed by atoms with E-state index in [1.165, 1.54) is 28.7 Å². The zero-order chi connectivity index (χ0) is 20.7. The maximum absolute atomic E-state index is 13.0. The zero-order valence-corrected chi connectivity index (χ0v) is 18.4. The number of thioether (sulfide) groups is 1. The first kappa shape index (κ1) is 19.8. The summed E-state index contributed by atoms with van der Waals surface area (Å²) in [5.41, 5.74) is 5.51. The van der Waals surface area contributed by atoms with Crippen LogP contribution < -0.4 is 0 Å². The van der Waals surface area contributed by atoms with Gasteiger partial charge in [0.1, 0.15) is 15.9 Å². The number of Topliss-reactive ketones (excluding diaryl/α,β-unsaturated/α-hetero) is 1. The van der Waals surface area contributed by atoms with Gasteiger partial charge in [-0.05, 0) is 57.0 Å². The van der Waals surface area contributed by atoms with Crippen molar-refractivity contribution in [3.63, 3.8) is 0 Å². The molecule has 1 N–H and O–H groups in total. The van der Waals surface area contributed by atoms with E-state index in [-0.39, 0.29) is 5.78 Å². The summed E-state index contributed by atoms with van der Waals surface area (Å²) in [6, 6.07) is 10.5. The van der Waals surface area contributed by atoms with Crippen molar-refractivity contribution >= 4 is 40.0 Å². The molecule has 0 spiro atoms. The highest BCUT2D eigenvalue weighted by Gasteiger charge is 2.39. The van der Waals surface area contributed by atoms with Crippen molar-refractivity contribution in [2.75, 3.05) is 0 Å². The lowest BCUT2D eigenvalue weighted by Gasteiger charge is -2.10. The Kier molecular flexibility index (Phi) is 5.27. The number of nitrogens with zero attached hydrogens (tertiary/aromatic N) is 3. The molecule has 3 aromatic rings. The van der Waals surface area contributed by atoms with Gasteiger partial charge in [-0.25, -0.2) is 0 Å². The van der Waals surface area contributed by atoms with Gasteiger partial charge in [-0.1, -0.05) is 36.4 Å². The number of rotatable bonds is 4. The average Bonchev–Trinajstić information content (AvgIpc) is 3.34. The first-order chi connectivity index (χ1) is 13.9. The predicted octanol–water partition coefficient (Wildman–Crippen LogP) is 5.23. The van der Waals surface area contributed by atoms with Crippen molar-refractivity contribution in [2.24, 2.45) is 0 Å². The normalized spacial score (nSPS) is 18.2. The van der Waals surface area contributed by atoms with Crippen LogP contribution in [-0.4, -0.2) is 25.6 Å². The van der Waals surface area contributed by atoms with Crippen LogP contribution in [0.5, 0.6) is 0 Å². The van der Waals surface area contributed by atoms with Gasteiger partial charge >= 0.3 is 0 Å². The van der Waals surface area contributed by atoms with Crippen molar-refractivity contribution in [1.29, 1.82) is 5.41 Å². The molecule has 0 amide bonds. The highest BCUT2D eigenvalue weighted by Crippen LogP contribution is 2.42. The summed E-state index contributed by atoms with van der Waals surface area (Å²) >= 11 is 2.66. The van der Waals surface area contributed by atoms with E-state index < -0.39 is 5.92 Å². The first-order valence-corrected chi connectivity index (χ1v) is 11.1. The number of carbonyl (C=O) groups excluding carboxylic acids is 1. The van der Waals surface area contributed by atoms with E-state index in [4.69, 9.17) is 5.41 Å². The van der Waals surface area contributed by atoms with Gasteiger partial charge in [0, 0.05) is 17.1 Å². The quantitative estimate of drug-likeness (QED) is 0.584. The summed E-state index contributed by atoms with van der Waals surface area (Å²) in [5.74, 6) is -0.663. The second-order valence-electron chi connectivity index (χ2n) is 7.16. The van der Waals surface area contributed by atoms with Gasteiger partial charge in [0.15, 0.2) is 5.78 Å². The minimum atomic E-state index is -0.607. The molecule has 5 nitrogen and oxygen atoms in total. The van der Waals surface area contributed by atoms with Crippen LogP contribution in [-0.2, 0) is 11.2 Å². The molecule has 1 saturated heterocycles. The number of hydrogen-bond acceptors (Lipinski definition) is 6. The number of ketones is 1. The molecule has 1 fully saturated rings. The molecule has 3 heterocycles. The molecule has 1 atom stereocenters. The Hall–Kier alpha value is -2.51. The standard InChI is InChI=1S/C22H22N4OS2/c1-5-18-24-25-22(29-18)19-20(27)17(28-21(19)23)11-15-10-13(3)26(14(15)4)16-8-6-12(2)7-9-16/h6-11,19,23H,5H2,1-4H3. The molecule has 1 unspecified atom stereocenters. The van der Waals surface area contributed by atoms with Crippen molar-refractivity contribution < 1.29 is 4.79 Å². The number of hydrogen-bond donors (Lipinski definition) is 1. The number of nitrogens with one attached hydrogen (secondary N) is 1. The predicted molar refractivity (Wildman–Crippen MR) is 120 cm³/mol. The molecule has 0 bridgehead atoms. The van der Waals surface area contributed by atoms with Crippen molar-refractivity contribution in [1.82, 2.24) is 14.8 Å².